The Hall–Kier alpha value is -9.57. The number of nitro benzene ring substituents is 2. The first kappa shape index (κ1) is 56.3. The predicted molar refractivity (Wildman–Crippen MR) is 278 cm³/mol. The lowest BCUT2D eigenvalue weighted by Gasteiger charge is -2.12. The number of nitrogen functional groups attached to an aromatic ring is 1. The van der Waals surface area contributed by atoms with Gasteiger partial charge in [-0.25, -0.2) is 13.2 Å². The molecule has 0 fully saturated rings. The van der Waals surface area contributed by atoms with E-state index in [0.717, 1.165) is 29.1 Å². The molecule has 75 heavy (non-hydrogen) atoms. The van der Waals surface area contributed by atoms with E-state index in [4.69, 9.17) is 60.3 Å². The second-order valence-corrected chi connectivity index (χ2v) is 15.1. The first-order valence-corrected chi connectivity index (χ1v) is 21.6. The first-order valence-electron chi connectivity index (χ1n) is 21.2. The maximum absolute atomic E-state index is 14.1. The van der Waals surface area contributed by atoms with Crippen molar-refractivity contribution in [1.82, 2.24) is 15.0 Å². The van der Waals surface area contributed by atoms with Crippen LogP contribution in [0.2, 0.25) is 5.02 Å². The summed E-state index contributed by atoms with van der Waals surface area (Å²) in [7, 11) is 9.28. The van der Waals surface area contributed by atoms with Gasteiger partial charge in [-0.15, -0.1) is 0 Å². The largest absolute Gasteiger partial charge is 1.00 e. The number of pyridine rings is 3. The highest BCUT2D eigenvalue weighted by Crippen LogP contribution is 2.40. The van der Waals surface area contributed by atoms with Gasteiger partial charge in [-0.2, -0.15) is 0 Å². The Balaban J connectivity index is 0.000000278. The number of non-ortho nitro benzene ring substituents is 2. The van der Waals surface area contributed by atoms with E-state index in [0.29, 0.717) is 84.6 Å². The monoisotopic (exact) mass is 1060 g/mol. The molecule has 0 aliphatic heterocycles. The second-order valence-electron chi connectivity index (χ2n) is 14.7. The van der Waals surface area contributed by atoms with Gasteiger partial charge in [0, 0.05) is 78.3 Å². The quantitative estimate of drug-likeness (QED) is 0.0656. The number of anilines is 1. The van der Waals surface area contributed by atoms with Crippen LogP contribution >= 0.6 is 11.6 Å². The molecule has 0 bridgehead atoms. The lowest BCUT2D eigenvalue weighted by Crippen LogP contribution is -1.95. The molecule has 394 valence electrons. The van der Waals surface area contributed by atoms with Crippen LogP contribution < -0.4 is 43.6 Å². The summed E-state index contributed by atoms with van der Waals surface area (Å²) in [5.41, 5.74) is 7.16. The van der Waals surface area contributed by atoms with E-state index >= 15 is 0 Å². The van der Waals surface area contributed by atoms with Gasteiger partial charge in [0.25, 0.3) is 11.4 Å². The molecule has 6 aromatic carbocycles. The van der Waals surface area contributed by atoms with Crippen LogP contribution in [-0.2, 0) is 0 Å². The number of hydrogen-bond donors (Lipinski definition) is 2. The maximum Gasteiger partial charge on any atom is 0.272 e. The van der Waals surface area contributed by atoms with E-state index in [1.165, 1.54) is 44.7 Å². The molecule has 3 N–H and O–H groups in total. The molecule has 3 aromatic heterocycles. The Morgan fingerprint density at radius 1 is 0.493 bits per heavy atom. The van der Waals surface area contributed by atoms with Crippen molar-refractivity contribution in [3.05, 3.63) is 170 Å². The van der Waals surface area contributed by atoms with Gasteiger partial charge >= 0.3 is 0 Å². The normalized spacial score (nSPS) is 10.2. The van der Waals surface area contributed by atoms with E-state index in [2.05, 4.69) is 15.0 Å². The molecule has 9 rings (SSSR count). The predicted octanol–water partition coefficient (Wildman–Crippen LogP) is 13.2. The number of halogens is 4. The summed E-state index contributed by atoms with van der Waals surface area (Å²) in [6.07, 6.45) is 4.75. The standard InChI is InChI=1S/C17H13FN2O5.C17H15FN2O3.C11H10ClNO2.C6H4FNO3.CH4.H2.H/c1-23-16-8-11-13(9-17(16)24-2)19-6-5-14(11)25-15-4-3-10(20(21)22)7-12(15)18;1-21-16-8-11-13(9-17(16)22-2)20-6-5-14(11)23-15-4-3-10(19)7-12(15)18;1-14-10-5-7-8(12)3-4-13-9(7)6-11(10)15-2;7-5-3-4(8(10)11)1-2-6(5)9;;;/h3-9H,1-2H3;3-9H,19H2,1-2H3;3-6H,1-2H3;1-3,9H;1H4;1H;/q;;;;;;-1. The summed E-state index contributed by atoms with van der Waals surface area (Å²) in [6.45, 7) is 0. The zero-order valence-electron chi connectivity index (χ0n) is 40.8. The number of phenols is 1. The van der Waals surface area contributed by atoms with E-state index in [1.54, 1.807) is 95.4 Å². The molecule has 0 spiro atoms. The third-order valence-electron chi connectivity index (χ3n) is 10.3. The lowest BCUT2D eigenvalue weighted by molar-refractivity contribution is -0.385. The van der Waals surface area contributed by atoms with E-state index in [1.807, 2.05) is 6.07 Å². The Morgan fingerprint density at radius 2 is 0.853 bits per heavy atom. The van der Waals surface area contributed by atoms with Crippen LogP contribution in [0.3, 0.4) is 0 Å². The van der Waals surface area contributed by atoms with Crippen molar-refractivity contribution in [1.29, 1.82) is 0 Å². The van der Waals surface area contributed by atoms with Crippen LogP contribution in [0.5, 0.6) is 63.2 Å². The zero-order chi connectivity index (χ0) is 53.6. The van der Waals surface area contributed by atoms with Crippen LogP contribution in [0, 0.1) is 37.7 Å². The number of rotatable bonds is 12. The Kier molecular flexibility index (Phi) is 19.3. The number of nitro groups is 2. The van der Waals surface area contributed by atoms with Crippen molar-refractivity contribution in [2.75, 3.05) is 48.4 Å². The van der Waals surface area contributed by atoms with Crippen molar-refractivity contribution in [2.45, 2.75) is 7.43 Å². The maximum atomic E-state index is 14.1. The van der Waals surface area contributed by atoms with Crippen LogP contribution in [0.15, 0.2) is 128 Å². The average Bonchev–Trinajstić information content (AvgIpc) is 3.40. The zero-order valence-corrected chi connectivity index (χ0v) is 40.6. The van der Waals surface area contributed by atoms with Gasteiger partial charge in [-0.05, 0) is 60.7 Å². The van der Waals surface area contributed by atoms with Crippen LogP contribution in [-0.4, -0.2) is 72.6 Å². The molecule has 3 heterocycles. The fraction of sp³-hybridized carbons (Fsp3) is 0.135. The van der Waals surface area contributed by atoms with Crippen molar-refractivity contribution < 1.29 is 68.9 Å². The number of fused-ring (bicyclic) bond motifs is 3. The van der Waals surface area contributed by atoms with Crippen LogP contribution in [0.4, 0.5) is 30.2 Å². The summed E-state index contributed by atoms with van der Waals surface area (Å²) >= 11 is 6.05. The van der Waals surface area contributed by atoms with Gasteiger partial charge in [0.1, 0.15) is 11.5 Å². The summed E-state index contributed by atoms with van der Waals surface area (Å²) in [6, 6.07) is 25.5. The topological polar surface area (TPSA) is 245 Å². The smallest absolute Gasteiger partial charge is 0.272 e. The third-order valence-corrected chi connectivity index (χ3v) is 10.6. The van der Waals surface area contributed by atoms with Gasteiger partial charge in [0.15, 0.2) is 69.2 Å². The SMILES string of the molecule is C.COc1cc2nccc(Cl)c2cc1OC.COc1cc2nccc(Oc3ccc(N)cc3F)c2cc1OC.COc1cc2nccc(Oc3ccc([N+](=O)[O-])cc3F)c2cc1OC.O=[N+]([O-])c1ccc(O)c(F)c1.[H-].[HH]. The molecule has 0 amide bonds. The Morgan fingerprint density at radius 3 is 1.25 bits per heavy atom. The number of hydrogen-bond acceptors (Lipinski definition) is 17. The van der Waals surface area contributed by atoms with Gasteiger partial charge < -0.3 is 50.2 Å². The highest BCUT2D eigenvalue weighted by atomic mass is 35.5. The van der Waals surface area contributed by atoms with Crippen molar-refractivity contribution in [2.24, 2.45) is 0 Å². The lowest BCUT2D eigenvalue weighted by atomic mass is 10.2. The molecule has 0 atom stereocenters. The van der Waals surface area contributed by atoms with E-state index in [-0.39, 0.29) is 33.2 Å². The summed E-state index contributed by atoms with van der Waals surface area (Å²) in [5, 5.41) is 32.1. The number of methoxy groups -OCH3 is 6. The number of aromatic hydroxyl groups is 1. The number of ether oxygens (including phenoxy) is 8. The molecule has 23 heteroatoms. The molecule has 0 aliphatic rings. The average molecular weight is 1060 g/mol. The number of aromatic nitrogens is 3. The van der Waals surface area contributed by atoms with Gasteiger partial charge in [-0.1, -0.05) is 19.0 Å². The fourth-order valence-corrected chi connectivity index (χ4v) is 6.85. The third kappa shape index (κ3) is 13.7. The minimum Gasteiger partial charge on any atom is -1.00 e. The van der Waals surface area contributed by atoms with Gasteiger partial charge in [-0.3, -0.25) is 35.2 Å². The first-order chi connectivity index (χ1) is 35.5. The van der Waals surface area contributed by atoms with E-state index < -0.39 is 33.0 Å². The molecular formula is C52H49ClF3N6O13-. The molecule has 0 radical (unpaired) electrons. The summed E-state index contributed by atoms with van der Waals surface area (Å²) < 4.78 is 83.1. The van der Waals surface area contributed by atoms with Crippen LogP contribution in [0.1, 0.15) is 10.3 Å². The molecule has 0 aliphatic carbocycles. The van der Waals surface area contributed by atoms with Crippen molar-refractivity contribution >= 4 is 61.4 Å². The number of phenolic OH excluding ortho intramolecular Hbond substituents is 1. The highest BCUT2D eigenvalue weighted by Gasteiger charge is 2.17. The minimum atomic E-state index is -0.987. The fourth-order valence-electron chi connectivity index (χ4n) is 6.64. The summed E-state index contributed by atoms with van der Waals surface area (Å²) in [4.78, 5) is 32.0. The van der Waals surface area contributed by atoms with Crippen LogP contribution in [0.25, 0.3) is 32.7 Å². The molecular weight excluding hydrogens is 1010 g/mol. The second kappa shape index (κ2) is 25.7. The number of nitrogens with zero attached hydrogens (tertiary/aromatic N) is 5. The molecule has 0 saturated heterocycles. The van der Waals surface area contributed by atoms with Crippen molar-refractivity contribution in [3.63, 3.8) is 0 Å². The van der Waals surface area contributed by atoms with Gasteiger partial charge in [0.05, 0.1) is 86.2 Å². The number of benzene rings is 6. The van der Waals surface area contributed by atoms with Gasteiger partial charge in [0.2, 0.25) is 0 Å². The molecule has 0 saturated carbocycles. The van der Waals surface area contributed by atoms with Crippen molar-refractivity contribution in [3.8, 4) is 63.2 Å². The highest BCUT2D eigenvalue weighted by molar-refractivity contribution is 6.35. The Bertz CT molecular complexity index is 3520. The molecule has 19 nitrogen and oxygen atoms in total. The molecule has 9 aromatic rings. The summed E-state index contributed by atoms with van der Waals surface area (Å²) in [5.74, 6) is 1.18. The number of nitrogens with two attached hydrogens (primary N) is 1. The minimum absolute atomic E-state index is 0. The molecule has 0 unspecified atom stereocenters. The van der Waals surface area contributed by atoms with E-state index in [9.17, 15) is 33.4 Å². The Labute approximate surface area is 433 Å².